The van der Waals surface area contributed by atoms with E-state index in [9.17, 15) is 4.79 Å². The predicted octanol–water partition coefficient (Wildman–Crippen LogP) is 5.38. The first-order valence-electron chi connectivity index (χ1n) is 11.9. The number of ether oxygens (including phenoxy) is 5. The van der Waals surface area contributed by atoms with Crippen molar-refractivity contribution in [3.8, 4) is 28.7 Å². The van der Waals surface area contributed by atoms with Crippen molar-refractivity contribution in [2.24, 2.45) is 0 Å². The van der Waals surface area contributed by atoms with E-state index in [1.807, 2.05) is 62.4 Å². The number of benzene rings is 3. The lowest BCUT2D eigenvalue weighted by Gasteiger charge is -2.30. The van der Waals surface area contributed by atoms with Gasteiger partial charge in [-0.3, -0.25) is 9.69 Å². The summed E-state index contributed by atoms with van der Waals surface area (Å²) >= 11 is 0. The van der Waals surface area contributed by atoms with E-state index in [-0.39, 0.29) is 11.5 Å². The predicted molar refractivity (Wildman–Crippen MR) is 136 cm³/mol. The van der Waals surface area contributed by atoms with Gasteiger partial charge in [0.25, 0.3) is 0 Å². The van der Waals surface area contributed by atoms with Crippen molar-refractivity contribution in [2.75, 3.05) is 27.6 Å². The average molecular weight is 488 g/mol. The van der Waals surface area contributed by atoms with Crippen molar-refractivity contribution >= 4 is 11.9 Å². The Morgan fingerprint density at radius 2 is 1.83 bits per heavy atom. The van der Waals surface area contributed by atoms with Crippen LogP contribution in [0, 0.1) is 6.92 Å². The summed E-state index contributed by atoms with van der Waals surface area (Å²) in [7, 11) is 3.24. The molecule has 0 saturated carbocycles. The molecule has 0 amide bonds. The molecule has 2 heterocycles. The van der Waals surface area contributed by atoms with Gasteiger partial charge in [0.05, 0.1) is 32.0 Å². The maximum absolute atomic E-state index is 13.4. The summed E-state index contributed by atoms with van der Waals surface area (Å²) in [5.41, 5.74) is 4.16. The molecule has 0 fully saturated rings. The number of aryl methyl sites for hydroxylation is 1. The molecule has 2 aliphatic heterocycles. The number of ketones is 1. The molecule has 0 N–H and O–H groups in total. The molecule has 0 unspecified atom stereocenters. The van der Waals surface area contributed by atoms with E-state index in [0.717, 1.165) is 28.0 Å². The highest BCUT2D eigenvalue weighted by molar-refractivity contribution is 6.16. The quantitative estimate of drug-likeness (QED) is 0.415. The summed E-state index contributed by atoms with van der Waals surface area (Å²) in [6, 6.07) is 15.4. The normalized spacial score (nSPS) is 15.7. The molecule has 186 valence electrons. The van der Waals surface area contributed by atoms with Gasteiger partial charge in [0, 0.05) is 18.7 Å². The SMILES string of the molecule is CCOc1ccccc1/C=C1\Oc2c3c(cc(C)c2C1=O)OCN(Cc1ccc(OC)c(OC)c1)C3. The van der Waals surface area contributed by atoms with E-state index in [2.05, 4.69) is 4.90 Å². The van der Waals surface area contributed by atoms with Crippen molar-refractivity contribution in [1.82, 2.24) is 4.90 Å². The second kappa shape index (κ2) is 9.95. The first-order valence-corrected chi connectivity index (χ1v) is 11.9. The molecule has 0 atom stereocenters. The first-order chi connectivity index (χ1) is 17.5. The molecule has 0 aromatic heterocycles. The largest absolute Gasteiger partial charge is 0.493 e. The van der Waals surface area contributed by atoms with E-state index in [1.165, 1.54) is 0 Å². The number of Topliss-reactive ketones (excluding diaryl/α,β-unsaturated/α-hetero) is 1. The monoisotopic (exact) mass is 487 g/mol. The van der Waals surface area contributed by atoms with Crippen LogP contribution < -0.4 is 23.7 Å². The fraction of sp³-hybridized carbons (Fsp3) is 0.276. The minimum atomic E-state index is -0.131. The first kappa shape index (κ1) is 23.8. The zero-order valence-corrected chi connectivity index (χ0v) is 20.9. The van der Waals surface area contributed by atoms with Crippen LogP contribution >= 0.6 is 0 Å². The topological polar surface area (TPSA) is 66.5 Å². The third kappa shape index (κ3) is 4.38. The Labute approximate surface area is 210 Å². The smallest absolute Gasteiger partial charge is 0.232 e. The van der Waals surface area contributed by atoms with Gasteiger partial charge in [0.1, 0.15) is 24.0 Å². The number of hydrogen-bond acceptors (Lipinski definition) is 7. The molecule has 0 spiro atoms. The van der Waals surface area contributed by atoms with Crippen molar-refractivity contribution in [3.63, 3.8) is 0 Å². The Morgan fingerprint density at radius 3 is 2.61 bits per heavy atom. The van der Waals surface area contributed by atoms with Gasteiger partial charge >= 0.3 is 0 Å². The van der Waals surface area contributed by atoms with Crippen LogP contribution in [-0.2, 0) is 13.1 Å². The molecular formula is C29H29NO6. The van der Waals surface area contributed by atoms with Crippen LogP contribution in [0.15, 0.2) is 54.3 Å². The summed E-state index contributed by atoms with van der Waals surface area (Å²) in [4.78, 5) is 15.5. The van der Waals surface area contributed by atoms with E-state index < -0.39 is 0 Å². The molecule has 3 aromatic carbocycles. The third-order valence-electron chi connectivity index (χ3n) is 6.35. The molecule has 0 bridgehead atoms. The van der Waals surface area contributed by atoms with Crippen LogP contribution in [0.2, 0.25) is 0 Å². The molecule has 5 rings (SSSR count). The van der Waals surface area contributed by atoms with Crippen LogP contribution in [0.3, 0.4) is 0 Å². The highest BCUT2D eigenvalue weighted by Gasteiger charge is 2.35. The molecule has 36 heavy (non-hydrogen) atoms. The molecule has 3 aromatic rings. The van der Waals surface area contributed by atoms with E-state index in [1.54, 1.807) is 20.3 Å². The van der Waals surface area contributed by atoms with Crippen molar-refractivity contribution in [2.45, 2.75) is 26.9 Å². The molecule has 0 saturated heterocycles. The molecule has 0 radical (unpaired) electrons. The number of carbonyl (C=O) groups excluding carboxylic acids is 1. The highest BCUT2D eigenvalue weighted by atomic mass is 16.5. The second-order valence-electron chi connectivity index (χ2n) is 8.73. The Bertz CT molecular complexity index is 1350. The lowest BCUT2D eigenvalue weighted by Crippen LogP contribution is -2.31. The number of allylic oxidation sites excluding steroid dienone is 1. The van der Waals surface area contributed by atoms with Crippen LogP contribution in [0.25, 0.3) is 6.08 Å². The fourth-order valence-electron chi connectivity index (χ4n) is 4.64. The minimum Gasteiger partial charge on any atom is -0.493 e. The zero-order valence-electron chi connectivity index (χ0n) is 20.9. The Balaban J connectivity index is 1.43. The highest BCUT2D eigenvalue weighted by Crippen LogP contribution is 2.44. The van der Waals surface area contributed by atoms with Gasteiger partial charge in [-0.15, -0.1) is 0 Å². The van der Waals surface area contributed by atoms with Gasteiger partial charge in [0.15, 0.2) is 17.3 Å². The summed E-state index contributed by atoms with van der Waals surface area (Å²) in [5.74, 6) is 3.56. The van der Waals surface area contributed by atoms with Gasteiger partial charge in [0.2, 0.25) is 5.78 Å². The van der Waals surface area contributed by atoms with Crippen molar-refractivity contribution in [3.05, 3.63) is 82.1 Å². The summed E-state index contributed by atoms with van der Waals surface area (Å²) in [6.07, 6.45) is 1.75. The van der Waals surface area contributed by atoms with Crippen LogP contribution in [-0.4, -0.2) is 38.2 Å². The number of para-hydroxylation sites is 1. The molecular weight excluding hydrogens is 458 g/mol. The summed E-state index contributed by atoms with van der Waals surface area (Å²) in [6.45, 7) is 6.04. The average Bonchev–Trinajstić information content (AvgIpc) is 3.22. The molecule has 0 aliphatic carbocycles. The standard InChI is InChI=1S/C29H29NO6/c1-5-34-22-9-7-6-8-20(22)14-26-28(31)27-18(2)12-24-21(29(27)36-26)16-30(17-35-24)15-19-10-11-23(32-3)25(13-19)33-4/h6-14H,5,15-17H2,1-4H3/b26-14-. The van der Waals surface area contributed by atoms with Crippen LogP contribution in [0.1, 0.15) is 39.5 Å². The number of rotatable bonds is 7. The van der Waals surface area contributed by atoms with Crippen LogP contribution in [0.5, 0.6) is 28.7 Å². The van der Waals surface area contributed by atoms with E-state index in [0.29, 0.717) is 55.0 Å². The van der Waals surface area contributed by atoms with Gasteiger partial charge < -0.3 is 23.7 Å². The number of methoxy groups -OCH3 is 2. The fourth-order valence-corrected chi connectivity index (χ4v) is 4.64. The second-order valence-corrected chi connectivity index (χ2v) is 8.73. The molecule has 7 nitrogen and oxygen atoms in total. The Kier molecular flexibility index (Phi) is 6.57. The maximum atomic E-state index is 13.4. The maximum Gasteiger partial charge on any atom is 0.232 e. The number of nitrogens with zero attached hydrogens (tertiary/aromatic N) is 1. The van der Waals surface area contributed by atoms with Gasteiger partial charge in [-0.2, -0.15) is 0 Å². The van der Waals surface area contributed by atoms with Gasteiger partial charge in [-0.25, -0.2) is 0 Å². The third-order valence-corrected chi connectivity index (χ3v) is 6.35. The number of hydrogen-bond donors (Lipinski definition) is 0. The lowest BCUT2D eigenvalue weighted by atomic mass is 9.98. The van der Waals surface area contributed by atoms with Crippen LogP contribution in [0.4, 0.5) is 0 Å². The number of fused-ring (bicyclic) bond motifs is 3. The Morgan fingerprint density at radius 1 is 1.03 bits per heavy atom. The Hall–Kier alpha value is -3.97. The molecule has 7 heteroatoms. The lowest BCUT2D eigenvalue weighted by molar-refractivity contribution is 0.0871. The zero-order chi connectivity index (χ0) is 25.2. The van der Waals surface area contributed by atoms with Crippen molar-refractivity contribution in [1.29, 1.82) is 0 Å². The summed E-state index contributed by atoms with van der Waals surface area (Å²) in [5, 5.41) is 0. The minimum absolute atomic E-state index is 0.131. The van der Waals surface area contributed by atoms with Gasteiger partial charge in [-0.1, -0.05) is 24.3 Å². The van der Waals surface area contributed by atoms with E-state index >= 15 is 0 Å². The molecule has 2 aliphatic rings. The van der Waals surface area contributed by atoms with Gasteiger partial charge in [-0.05, 0) is 55.3 Å². The number of carbonyl (C=O) groups is 1. The van der Waals surface area contributed by atoms with Crippen molar-refractivity contribution < 1.29 is 28.5 Å². The van der Waals surface area contributed by atoms with E-state index in [4.69, 9.17) is 23.7 Å². The summed E-state index contributed by atoms with van der Waals surface area (Å²) < 4.78 is 28.8.